The molecule has 1 aliphatic carbocycles. The van der Waals surface area contributed by atoms with Crippen LogP contribution in [0.15, 0.2) is 42.6 Å². The van der Waals surface area contributed by atoms with Crippen molar-refractivity contribution in [1.29, 1.82) is 0 Å². The molecule has 0 bridgehead atoms. The first kappa shape index (κ1) is 11.4. The fourth-order valence-corrected chi connectivity index (χ4v) is 2.44. The second-order valence-electron chi connectivity index (χ2n) is 4.92. The smallest absolute Gasteiger partial charge is 0.137 e. The lowest BCUT2D eigenvalue weighted by Crippen LogP contribution is -2.39. The largest absolute Gasteiger partial charge is 0.395 e. The Morgan fingerprint density at radius 3 is 2.50 bits per heavy atom. The summed E-state index contributed by atoms with van der Waals surface area (Å²) in [6.07, 6.45) is 4.92. The van der Waals surface area contributed by atoms with Crippen LogP contribution in [0.25, 0.3) is 11.3 Å². The van der Waals surface area contributed by atoms with Crippen molar-refractivity contribution >= 4 is 0 Å². The second-order valence-corrected chi connectivity index (χ2v) is 4.92. The summed E-state index contributed by atoms with van der Waals surface area (Å²) in [6, 6.07) is 12.0. The third-order valence-corrected chi connectivity index (χ3v) is 3.81. The van der Waals surface area contributed by atoms with Crippen LogP contribution in [0.1, 0.15) is 25.1 Å². The van der Waals surface area contributed by atoms with E-state index in [4.69, 9.17) is 0 Å². The fourth-order valence-electron chi connectivity index (χ4n) is 2.44. The highest BCUT2D eigenvalue weighted by Crippen LogP contribution is 2.41. The van der Waals surface area contributed by atoms with Crippen LogP contribution in [0.3, 0.4) is 0 Å². The zero-order chi connectivity index (χ0) is 12.4. The van der Waals surface area contributed by atoms with Gasteiger partial charge in [0.05, 0.1) is 17.7 Å². The Labute approximate surface area is 107 Å². The van der Waals surface area contributed by atoms with Gasteiger partial charge in [0.2, 0.25) is 0 Å². The van der Waals surface area contributed by atoms with Gasteiger partial charge in [-0.15, -0.1) is 0 Å². The number of nitrogens with zero attached hydrogens (tertiary/aromatic N) is 2. The summed E-state index contributed by atoms with van der Waals surface area (Å²) >= 11 is 0. The quantitative estimate of drug-likeness (QED) is 0.896. The first-order chi connectivity index (χ1) is 8.84. The molecule has 3 heteroatoms. The lowest BCUT2D eigenvalue weighted by molar-refractivity contribution is 0.112. The van der Waals surface area contributed by atoms with Crippen molar-refractivity contribution in [3.05, 3.63) is 48.4 Å². The van der Waals surface area contributed by atoms with Crippen LogP contribution in [0.2, 0.25) is 0 Å². The van der Waals surface area contributed by atoms with E-state index in [0.717, 1.165) is 36.3 Å². The SMILES string of the molecule is OCC1(c2nccc(-c3ccccc3)n2)CCC1. The summed E-state index contributed by atoms with van der Waals surface area (Å²) in [4.78, 5) is 9.00. The summed E-state index contributed by atoms with van der Waals surface area (Å²) in [7, 11) is 0. The molecule has 0 unspecified atom stereocenters. The number of rotatable bonds is 3. The molecule has 1 aromatic carbocycles. The third kappa shape index (κ3) is 1.81. The van der Waals surface area contributed by atoms with Crippen LogP contribution in [0.5, 0.6) is 0 Å². The van der Waals surface area contributed by atoms with Crippen molar-refractivity contribution in [2.45, 2.75) is 24.7 Å². The van der Waals surface area contributed by atoms with E-state index in [1.54, 1.807) is 6.20 Å². The molecule has 0 atom stereocenters. The van der Waals surface area contributed by atoms with Gasteiger partial charge in [0.15, 0.2) is 0 Å². The summed E-state index contributed by atoms with van der Waals surface area (Å²) in [5.74, 6) is 0.789. The van der Waals surface area contributed by atoms with Crippen molar-refractivity contribution in [2.75, 3.05) is 6.61 Å². The van der Waals surface area contributed by atoms with Crippen molar-refractivity contribution in [3.8, 4) is 11.3 Å². The van der Waals surface area contributed by atoms with Crippen LogP contribution < -0.4 is 0 Å². The van der Waals surface area contributed by atoms with Gasteiger partial charge >= 0.3 is 0 Å². The molecule has 2 aromatic rings. The monoisotopic (exact) mass is 240 g/mol. The van der Waals surface area contributed by atoms with Gasteiger partial charge in [0, 0.05) is 11.8 Å². The standard InChI is InChI=1S/C15H16N2O/c18-11-15(8-4-9-15)14-16-10-7-13(17-14)12-5-2-1-3-6-12/h1-3,5-7,10,18H,4,8-9,11H2. The van der Waals surface area contributed by atoms with Crippen molar-refractivity contribution < 1.29 is 5.11 Å². The Balaban J connectivity index is 1.99. The van der Waals surface area contributed by atoms with Gasteiger partial charge in [-0.2, -0.15) is 0 Å². The van der Waals surface area contributed by atoms with E-state index in [0.29, 0.717) is 0 Å². The van der Waals surface area contributed by atoms with E-state index >= 15 is 0 Å². The van der Waals surface area contributed by atoms with E-state index < -0.39 is 0 Å². The molecule has 1 N–H and O–H groups in total. The number of aromatic nitrogens is 2. The second kappa shape index (κ2) is 4.50. The summed E-state index contributed by atoms with van der Waals surface area (Å²) in [5, 5.41) is 9.57. The zero-order valence-electron chi connectivity index (χ0n) is 10.2. The maximum atomic E-state index is 9.57. The van der Waals surface area contributed by atoms with E-state index in [2.05, 4.69) is 9.97 Å². The van der Waals surface area contributed by atoms with Gasteiger partial charge in [-0.05, 0) is 18.9 Å². The molecule has 0 amide bonds. The van der Waals surface area contributed by atoms with E-state index in [9.17, 15) is 5.11 Å². The minimum absolute atomic E-state index is 0.144. The Bertz CT molecular complexity index is 530. The average Bonchev–Trinajstić information content (AvgIpc) is 2.40. The molecule has 1 aromatic heterocycles. The Kier molecular flexibility index (Phi) is 2.84. The molecule has 1 aliphatic rings. The van der Waals surface area contributed by atoms with Crippen LogP contribution in [0, 0.1) is 0 Å². The first-order valence-electron chi connectivity index (χ1n) is 6.34. The summed E-state index contributed by atoms with van der Waals surface area (Å²) in [5.41, 5.74) is 1.83. The highest BCUT2D eigenvalue weighted by Gasteiger charge is 2.40. The van der Waals surface area contributed by atoms with E-state index in [-0.39, 0.29) is 12.0 Å². The van der Waals surface area contributed by atoms with Crippen molar-refractivity contribution in [2.24, 2.45) is 0 Å². The van der Waals surface area contributed by atoms with E-state index in [1.807, 2.05) is 36.4 Å². The summed E-state index contributed by atoms with van der Waals surface area (Å²) in [6.45, 7) is 0.144. The molecule has 0 radical (unpaired) electrons. The lowest BCUT2D eigenvalue weighted by Gasteiger charge is -2.38. The minimum atomic E-state index is -0.190. The molecule has 18 heavy (non-hydrogen) atoms. The topological polar surface area (TPSA) is 46.0 Å². The highest BCUT2D eigenvalue weighted by molar-refractivity contribution is 5.58. The molecule has 3 nitrogen and oxygen atoms in total. The predicted molar refractivity (Wildman–Crippen MR) is 70.1 cm³/mol. The molecule has 3 rings (SSSR count). The fraction of sp³-hybridized carbons (Fsp3) is 0.333. The zero-order valence-corrected chi connectivity index (χ0v) is 10.2. The average molecular weight is 240 g/mol. The maximum Gasteiger partial charge on any atom is 0.137 e. The Morgan fingerprint density at radius 1 is 1.11 bits per heavy atom. The first-order valence-corrected chi connectivity index (χ1v) is 6.34. The third-order valence-electron chi connectivity index (χ3n) is 3.81. The molecule has 0 spiro atoms. The number of hydrogen-bond acceptors (Lipinski definition) is 3. The molecular formula is C15H16N2O. The van der Waals surface area contributed by atoms with Crippen LogP contribution in [-0.2, 0) is 5.41 Å². The number of aliphatic hydroxyl groups excluding tert-OH is 1. The maximum absolute atomic E-state index is 9.57. The molecule has 92 valence electrons. The van der Waals surface area contributed by atoms with Gasteiger partial charge in [0.1, 0.15) is 5.82 Å². The number of benzene rings is 1. The van der Waals surface area contributed by atoms with E-state index in [1.165, 1.54) is 0 Å². The highest BCUT2D eigenvalue weighted by atomic mass is 16.3. The molecule has 1 fully saturated rings. The minimum Gasteiger partial charge on any atom is -0.395 e. The van der Waals surface area contributed by atoms with Gasteiger partial charge in [0.25, 0.3) is 0 Å². The Morgan fingerprint density at radius 2 is 1.89 bits per heavy atom. The number of hydrogen-bond donors (Lipinski definition) is 1. The lowest BCUT2D eigenvalue weighted by atomic mass is 9.68. The predicted octanol–water partition coefficient (Wildman–Crippen LogP) is 2.56. The van der Waals surface area contributed by atoms with Gasteiger partial charge in [-0.3, -0.25) is 0 Å². The van der Waals surface area contributed by atoms with Crippen molar-refractivity contribution in [1.82, 2.24) is 9.97 Å². The molecule has 0 saturated heterocycles. The number of aliphatic hydroxyl groups is 1. The molecule has 0 aliphatic heterocycles. The van der Waals surface area contributed by atoms with Gasteiger partial charge < -0.3 is 5.11 Å². The van der Waals surface area contributed by atoms with Crippen LogP contribution in [0.4, 0.5) is 0 Å². The van der Waals surface area contributed by atoms with Crippen LogP contribution in [-0.4, -0.2) is 21.7 Å². The molecular weight excluding hydrogens is 224 g/mol. The van der Waals surface area contributed by atoms with Crippen molar-refractivity contribution in [3.63, 3.8) is 0 Å². The van der Waals surface area contributed by atoms with Gasteiger partial charge in [-0.25, -0.2) is 9.97 Å². The Hall–Kier alpha value is -1.74. The van der Waals surface area contributed by atoms with Crippen LogP contribution >= 0.6 is 0 Å². The molecule has 1 saturated carbocycles. The normalized spacial score (nSPS) is 17.2. The van der Waals surface area contributed by atoms with Gasteiger partial charge in [-0.1, -0.05) is 36.8 Å². The molecule has 1 heterocycles. The summed E-state index contributed by atoms with van der Waals surface area (Å²) < 4.78 is 0.